The van der Waals surface area contributed by atoms with Crippen LogP contribution < -0.4 is 19.5 Å². The number of nitrogens with one attached hydrogen (secondary N) is 1. The maximum atomic E-state index is 10.6. The molecule has 8 heteroatoms. The molecule has 0 bridgehead atoms. The van der Waals surface area contributed by atoms with Gasteiger partial charge in [-0.2, -0.15) is 0 Å². The van der Waals surface area contributed by atoms with E-state index in [9.17, 15) is 10.1 Å². The van der Waals surface area contributed by atoms with Crippen molar-refractivity contribution in [1.29, 1.82) is 0 Å². The van der Waals surface area contributed by atoms with Gasteiger partial charge in [0.2, 0.25) is 5.75 Å². The summed E-state index contributed by atoms with van der Waals surface area (Å²) in [5.74, 6) is 2.14. The zero-order chi connectivity index (χ0) is 16.1. The molecule has 0 unspecified atom stereocenters. The Morgan fingerprint density at radius 3 is 2.41 bits per heavy atom. The lowest BCUT2D eigenvalue weighted by Crippen LogP contribution is -2.20. The summed E-state index contributed by atoms with van der Waals surface area (Å²) in [5.41, 5.74) is 0.910. The number of nitro groups is 1. The lowest BCUT2D eigenvalue weighted by atomic mass is 10.1. The van der Waals surface area contributed by atoms with Gasteiger partial charge in [0.1, 0.15) is 0 Å². The Labute approximate surface area is 128 Å². The van der Waals surface area contributed by atoms with Gasteiger partial charge in [-0.25, -0.2) is 0 Å². The molecule has 0 amide bonds. The summed E-state index contributed by atoms with van der Waals surface area (Å²) in [6.45, 7) is 1.86. The van der Waals surface area contributed by atoms with Gasteiger partial charge in [0.15, 0.2) is 17.3 Å². The van der Waals surface area contributed by atoms with Crippen molar-refractivity contribution < 1.29 is 19.1 Å². The van der Waals surface area contributed by atoms with Crippen molar-refractivity contribution in [3.05, 3.63) is 39.8 Å². The Morgan fingerprint density at radius 1 is 1.27 bits per heavy atom. The largest absolute Gasteiger partial charge is 0.493 e. The fraction of sp³-hybridized carbons (Fsp3) is 0.429. The van der Waals surface area contributed by atoms with Gasteiger partial charge in [-0.15, -0.1) is 0 Å². The molecule has 1 aliphatic rings. The highest BCUT2D eigenvalue weighted by molar-refractivity contribution is 5.53. The van der Waals surface area contributed by atoms with Gasteiger partial charge >= 0.3 is 0 Å². The van der Waals surface area contributed by atoms with Gasteiger partial charge in [-0.3, -0.25) is 10.1 Å². The van der Waals surface area contributed by atoms with Crippen molar-refractivity contribution in [2.24, 2.45) is 0 Å². The molecule has 1 fully saturated rings. The van der Waals surface area contributed by atoms with Crippen LogP contribution in [0, 0.1) is 10.1 Å². The first-order valence-corrected chi connectivity index (χ1v) is 6.72. The first kappa shape index (κ1) is 15.7. The van der Waals surface area contributed by atoms with E-state index in [2.05, 4.69) is 5.32 Å². The Bertz CT molecular complexity index is 563. The van der Waals surface area contributed by atoms with Crippen LogP contribution in [0.25, 0.3) is 0 Å². The first-order valence-electron chi connectivity index (χ1n) is 6.72. The number of nitrogens with zero attached hydrogens (tertiary/aromatic N) is 2. The van der Waals surface area contributed by atoms with Gasteiger partial charge in [-0.05, 0) is 17.7 Å². The second-order valence-corrected chi connectivity index (χ2v) is 4.68. The van der Waals surface area contributed by atoms with Crippen molar-refractivity contribution in [1.82, 2.24) is 10.2 Å². The standard InChI is InChI=1S/C14H19N3O5/c1-20-11-6-10(7-12(21-2)14(11)22-3)8-16-5-4-15-13(16)9-17(18)19/h6-7,9,15H,4-5,8H2,1-3H3/b13-9+. The van der Waals surface area contributed by atoms with Crippen LogP contribution in [0.5, 0.6) is 17.2 Å². The van der Waals surface area contributed by atoms with E-state index < -0.39 is 4.92 Å². The maximum Gasteiger partial charge on any atom is 0.274 e. The molecule has 0 aliphatic carbocycles. The van der Waals surface area contributed by atoms with E-state index in [0.29, 0.717) is 42.7 Å². The van der Waals surface area contributed by atoms with E-state index in [-0.39, 0.29) is 0 Å². The van der Waals surface area contributed by atoms with Crippen LogP contribution in [-0.2, 0) is 6.54 Å². The van der Waals surface area contributed by atoms with Crippen LogP contribution in [0.4, 0.5) is 0 Å². The third-order valence-electron chi connectivity index (χ3n) is 3.35. The molecular weight excluding hydrogens is 290 g/mol. The van der Waals surface area contributed by atoms with E-state index in [1.54, 1.807) is 21.3 Å². The zero-order valence-corrected chi connectivity index (χ0v) is 12.8. The number of benzene rings is 1. The predicted molar refractivity (Wildman–Crippen MR) is 79.6 cm³/mol. The summed E-state index contributed by atoms with van der Waals surface area (Å²) in [7, 11) is 4.65. The Morgan fingerprint density at radius 2 is 1.91 bits per heavy atom. The second kappa shape index (κ2) is 6.88. The van der Waals surface area contributed by atoms with Crippen LogP contribution in [-0.4, -0.2) is 44.2 Å². The smallest absolute Gasteiger partial charge is 0.274 e. The summed E-state index contributed by atoms with van der Waals surface area (Å²) >= 11 is 0. The molecular formula is C14H19N3O5. The normalized spacial score (nSPS) is 15.6. The first-order chi connectivity index (χ1) is 10.6. The fourth-order valence-electron chi connectivity index (χ4n) is 2.39. The van der Waals surface area contributed by atoms with Crippen LogP contribution in [0.2, 0.25) is 0 Å². The second-order valence-electron chi connectivity index (χ2n) is 4.68. The van der Waals surface area contributed by atoms with Gasteiger partial charge in [0.25, 0.3) is 6.20 Å². The molecule has 22 heavy (non-hydrogen) atoms. The topological polar surface area (TPSA) is 86.1 Å². The summed E-state index contributed by atoms with van der Waals surface area (Å²) in [4.78, 5) is 12.1. The zero-order valence-electron chi connectivity index (χ0n) is 12.8. The molecule has 8 nitrogen and oxygen atoms in total. The lowest BCUT2D eigenvalue weighted by Gasteiger charge is -2.19. The number of hydrogen-bond acceptors (Lipinski definition) is 7. The van der Waals surface area contributed by atoms with Crippen LogP contribution in [0.1, 0.15) is 5.56 Å². The van der Waals surface area contributed by atoms with Gasteiger partial charge in [-0.1, -0.05) is 0 Å². The molecule has 0 spiro atoms. The number of methoxy groups -OCH3 is 3. The highest BCUT2D eigenvalue weighted by Gasteiger charge is 2.21. The molecule has 0 saturated carbocycles. The minimum absolute atomic E-state index is 0.462. The molecule has 1 heterocycles. The monoisotopic (exact) mass is 309 g/mol. The summed E-state index contributed by atoms with van der Waals surface area (Å²) in [5, 5.41) is 13.6. The minimum atomic E-state index is -0.462. The van der Waals surface area contributed by atoms with Crippen LogP contribution >= 0.6 is 0 Å². The quantitative estimate of drug-likeness (QED) is 0.624. The minimum Gasteiger partial charge on any atom is -0.493 e. The fourth-order valence-corrected chi connectivity index (χ4v) is 2.39. The molecule has 1 saturated heterocycles. The summed E-state index contributed by atoms with van der Waals surface area (Å²) in [6.07, 6.45) is 0.977. The average Bonchev–Trinajstić information content (AvgIpc) is 2.92. The van der Waals surface area contributed by atoms with Crippen LogP contribution in [0.15, 0.2) is 24.2 Å². The predicted octanol–water partition coefficient (Wildman–Crippen LogP) is 1.19. The summed E-state index contributed by atoms with van der Waals surface area (Å²) in [6, 6.07) is 3.67. The SMILES string of the molecule is COc1cc(CN2CCN/C2=C\[N+](=O)[O-])cc(OC)c1OC. The average molecular weight is 309 g/mol. The Hall–Kier alpha value is -2.64. The van der Waals surface area contributed by atoms with Crippen LogP contribution in [0.3, 0.4) is 0 Å². The number of ether oxygens (including phenoxy) is 3. The molecule has 0 radical (unpaired) electrons. The van der Waals surface area contributed by atoms with Crippen molar-refractivity contribution >= 4 is 0 Å². The molecule has 2 rings (SSSR count). The molecule has 120 valence electrons. The number of hydrogen-bond donors (Lipinski definition) is 1. The Kier molecular flexibility index (Phi) is 4.92. The van der Waals surface area contributed by atoms with Crippen molar-refractivity contribution in [2.45, 2.75) is 6.54 Å². The molecule has 0 atom stereocenters. The molecule has 0 aromatic heterocycles. The van der Waals surface area contributed by atoms with E-state index >= 15 is 0 Å². The molecule has 1 aromatic carbocycles. The molecule has 1 aliphatic heterocycles. The maximum absolute atomic E-state index is 10.6. The lowest BCUT2D eigenvalue weighted by molar-refractivity contribution is -0.404. The van der Waals surface area contributed by atoms with Gasteiger partial charge in [0, 0.05) is 19.6 Å². The van der Waals surface area contributed by atoms with E-state index in [0.717, 1.165) is 11.8 Å². The third kappa shape index (κ3) is 3.33. The van der Waals surface area contributed by atoms with Crippen molar-refractivity contribution in [3.63, 3.8) is 0 Å². The van der Waals surface area contributed by atoms with Crippen molar-refractivity contribution in [3.8, 4) is 17.2 Å². The third-order valence-corrected chi connectivity index (χ3v) is 3.35. The van der Waals surface area contributed by atoms with Gasteiger partial charge < -0.3 is 24.4 Å². The molecule has 1 aromatic rings. The highest BCUT2D eigenvalue weighted by Crippen LogP contribution is 2.38. The van der Waals surface area contributed by atoms with E-state index in [1.807, 2.05) is 17.0 Å². The Balaban J connectivity index is 2.27. The number of rotatable bonds is 6. The van der Waals surface area contributed by atoms with Gasteiger partial charge in [0.05, 0.1) is 26.3 Å². The highest BCUT2D eigenvalue weighted by atomic mass is 16.6. The van der Waals surface area contributed by atoms with Crippen molar-refractivity contribution in [2.75, 3.05) is 34.4 Å². The van der Waals surface area contributed by atoms with E-state index in [1.165, 1.54) is 0 Å². The molecule has 1 N–H and O–H groups in total. The summed E-state index contributed by atoms with van der Waals surface area (Å²) < 4.78 is 15.9. The van der Waals surface area contributed by atoms with E-state index in [4.69, 9.17) is 14.2 Å².